The molecule has 8 nitrogen and oxygen atoms in total. The number of thioether (sulfide) groups is 1. The summed E-state index contributed by atoms with van der Waals surface area (Å²) in [5, 5.41) is 2.00. The van der Waals surface area contributed by atoms with E-state index >= 15 is 0 Å². The number of amides is 3. The normalized spacial score (nSPS) is 19.1. The van der Waals surface area contributed by atoms with Gasteiger partial charge in [-0.15, -0.1) is 11.8 Å². The van der Waals surface area contributed by atoms with Crippen molar-refractivity contribution in [3.8, 4) is 11.5 Å². The van der Waals surface area contributed by atoms with Crippen LogP contribution in [0.3, 0.4) is 0 Å². The molecule has 3 aliphatic heterocycles. The number of nitrogens with zero attached hydrogens (tertiary/aromatic N) is 2. The second kappa shape index (κ2) is 8.74. The molecule has 1 atom stereocenters. The van der Waals surface area contributed by atoms with Crippen molar-refractivity contribution < 1.29 is 23.9 Å². The zero-order valence-electron chi connectivity index (χ0n) is 17.4. The predicted octanol–water partition coefficient (Wildman–Crippen LogP) is 2.16. The summed E-state index contributed by atoms with van der Waals surface area (Å²) in [6.45, 7) is 1.70. The smallest absolute Gasteiger partial charge is 0.250 e. The van der Waals surface area contributed by atoms with Crippen LogP contribution in [0.2, 0.25) is 0 Å². The summed E-state index contributed by atoms with van der Waals surface area (Å²) in [7, 11) is 0. The fourth-order valence-electron chi connectivity index (χ4n) is 4.09. The minimum Gasteiger partial charge on any atom is -0.454 e. The highest BCUT2D eigenvalue weighted by Crippen LogP contribution is 2.40. The van der Waals surface area contributed by atoms with E-state index in [0.717, 1.165) is 23.3 Å². The van der Waals surface area contributed by atoms with Gasteiger partial charge in [-0.25, -0.2) is 0 Å². The summed E-state index contributed by atoms with van der Waals surface area (Å²) in [5.74, 6) is 0.519. The van der Waals surface area contributed by atoms with Gasteiger partial charge < -0.3 is 24.6 Å². The molecule has 1 fully saturated rings. The lowest BCUT2D eigenvalue weighted by atomic mass is 10.2. The van der Waals surface area contributed by atoms with E-state index < -0.39 is 5.25 Å². The zero-order chi connectivity index (χ0) is 22.1. The van der Waals surface area contributed by atoms with Crippen LogP contribution in [0.5, 0.6) is 11.5 Å². The molecule has 0 spiro atoms. The second-order valence-corrected chi connectivity index (χ2v) is 9.03. The van der Waals surface area contributed by atoms with Crippen LogP contribution in [-0.4, -0.2) is 54.3 Å². The molecule has 9 heteroatoms. The number of nitrogens with one attached hydrogen (secondary N) is 1. The monoisotopic (exact) mass is 453 g/mol. The Kier molecular flexibility index (Phi) is 5.65. The van der Waals surface area contributed by atoms with Gasteiger partial charge in [-0.1, -0.05) is 18.2 Å². The van der Waals surface area contributed by atoms with Gasteiger partial charge in [0, 0.05) is 24.5 Å². The van der Waals surface area contributed by atoms with Crippen LogP contribution < -0.4 is 19.7 Å². The average molecular weight is 454 g/mol. The van der Waals surface area contributed by atoms with E-state index in [9.17, 15) is 14.4 Å². The van der Waals surface area contributed by atoms with Crippen LogP contribution >= 0.6 is 11.8 Å². The Balaban J connectivity index is 1.29. The summed E-state index contributed by atoms with van der Waals surface area (Å²) >= 11 is 1.27. The van der Waals surface area contributed by atoms with E-state index in [0.29, 0.717) is 36.8 Å². The number of hydrogen-bond acceptors (Lipinski definition) is 6. The number of hydrogen-bond donors (Lipinski definition) is 1. The number of fused-ring (bicyclic) bond motifs is 2. The van der Waals surface area contributed by atoms with Gasteiger partial charge in [-0.3, -0.25) is 14.4 Å². The van der Waals surface area contributed by atoms with Crippen molar-refractivity contribution in [3.63, 3.8) is 0 Å². The lowest BCUT2D eigenvalue weighted by Gasteiger charge is -2.34. The summed E-state index contributed by atoms with van der Waals surface area (Å²) in [6, 6.07) is 12.9. The SMILES string of the molecule is O=C(CN1C(=O)C(C(=O)N2CCCC2)Sc2ccccc21)NCc1ccc2c(c1)OCO2. The van der Waals surface area contributed by atoms with Crippen molar-refractivity contribution in [2.75, 3.05) is 31.3 Å². The number of carbonyl (C=O) groups excluding carboxylic acids is 3. The minimum atomic E-state index is -0.857. The Bertz CT molecular complexity index is 1070. The van der Waals surface area contributed by atoms with E-state index in [1.54, 1.807) is 11.0 Å². The molecular weight excluding hydrogens is 430 g/mol. The molecule has 0 radical (unpaired) electrons. The first-order chi connectivity index (χ1) is 15.6. The molecule has 166 valence electrons. The summed E-state index contributed by atoms with van der Waals surface area (Å²) in [6.07, 6.45) is 1.92. The van der Waals surface area contributed by atoms with E-state index in [1.807, 2.05) is 36.4 Å². The van der Waals surface area contributed by atoms with E-state index in [4.69, 9.17) is 9.47 Å². The molecule has 3 amide bonds. The fourth-order valence-corrected chi connectivity index (χ4v) is 5.28. The first-order valence-corrected chi connectivity index (χ1v) is 11.5. The number of anilines is 1. The lowest BCUT2D eigenvalue weighted by molar-refractivity contribution is -0.134. The molecule has 0 aliphatic carbocycles. The van der Waals surface area contributed by atoms with Gasteiger partial charge in [0.1, 0.15) is 6.54 Å². The molecule has 1 N–H and O–H groups in total. The van der Waals surface area contributed by atoms with Crippen molar-refractivity contribution in [3.05, 3.63) is 48.0 Å². The molecular formula is C23H23N3O5S. The minimum absolute atomic E-state index is 0.148. The van der Waals surface area contributed by atoms with Crippen molar-refractivity contribution in [1.82, 2.24) is 10.2 Å². The molecule has 5 rings (SSSR count). The number of ether oxygens (including phenoxy) is 2. The highest BCUT2D eigenvalue weighted by molar-refractivity contribution is 8.01. The summed E-state index contributed by atoms with van der Waals surface area (Å²) in [5.41, 5.74) is 1.52. The number of likely N-dealkylation sites (tertiary alicyclic amines) is 1. The summed E-state index contributed by atoms with van der Waals surface area (Å²) in [4.78, 5) is 43.0. The van der Waals surface area contributed by atoms with Crippen LogP contribution in [0.25, 0.3) is 0 Å². The Morgan fingerprint density at radius 1 is 1.06 bits per heavy atom. The first kappa shape index (κ1) is 20.7. The van der Waals surface area contributed by atoms with Crippen LogP contribution in [0.1, 0.15) is 18.4 Å². The van der Waals surface area contributed by atoms with E-state index in [1.165, 1.54) is 16.7 Å². The zero-order valence-corrected chi connectivity index (χ0v) is 18.2. The molecule has 1 saturated heterocycles. The van der Waals surface area contributed by atoms with Crippen LogP contribution in [0.15, 0.2) is 47.4 Å². The third-order valence-corrected chi connectivity index (χ3v) is 7.00. The quantitative estimate of drug-likeness (QED) is 0.698. The highest BCUT2D eigenvalue weighted by atomic mass is 32.2. The molecule has 3 heterocycles. The van der Waals surface area contributed by atoms with Gasteiger partial charge in [0.05, 0.1) is 5.69 Å². The Hall–Kier alpha value is -3.20. The first-order valence-electron chi connectivity index (χ1n) is 10.6. The molecule has 0 saturated carbocycles. The third-order valence-electron chi connectivity index (χ3n) is 5.76. The molecule has 1 unspecified atom stereocenters. The molecule has 3 aliphatic rings. The molecule has 0 bridgehead atoms. The molecule has 2 aromatic rings. The van der Waals surface area contributed by atoms with E-state index in [2.05, 4.69) is 5.32 Å². The van der Waals surface area contributed by atoms with Gasteiger partial charge >= 0.3 is 0 Å². The Morgan fingerprint density at radius 3 is 2.69 bits per heavy atom. The van der Waals surface area contributed by atoms with Crippen LogP contribution in [-0.2, 0) is 20.9 Å². The Labute approximate surface area is 189 Å². The van der Waals surface area contributed by atoms with Gasteiger partial charge in [-0.2, -0.15) is 0 Å². The van der Waals surface area contributed by atoms with Crippen LogP contribution in [0.4, 0.5) is 5.69 Å². The number of carbonyl (C=O) groups is 3. The van der Waals surface area contributed by atoms with E-state index in [-0.39, 0.29) is 31.1 Å². The van der Waals surface area contributed by atoms with Gasteiger partial charge in [0.25, 0.3) is 5.91 Å². The van der Waals surface area contributed by atoms with Crippen LogP contribution in [0, 0.1) is 0 Å². The van der Waals surface area contributed by atoms with Crippen molar-refractivity contribution in [1.29, 1.82) is 0 Å². The van der Waals surface area contributed by atoms with Crippen molar-refractivity contribution in [2.24, 2.45) is 0 Å². The van der Waals surface area contributed by atoms with Gasteiger partial charge in [0.15, 0.2) is 16.7 Å². The predicted molar refractivity (Wildman–Crippen MR) is 119 cm³/mol. The largest absolute Gasteiger partial charge is 0.454 e. The second-order valence-electron chi connectivity index (χ2n) is 7.89. The van der Waals surface area contributed by atoms with Gasteiger partial charge in [0.2, 0.25) is 18.6 Å². The maximum Gasteiger partial charge on any atom is 0.250 e. The Morgan fingerprint density at radius 2 is 1.84 bits per heavy atom. The number of rotatable bonds is 5. The molecule has 0 aromatic heterocycles. The van der Waals surface area contributed by atoms with Gasteiger partial charge in [-0.05, 0) is 42.7 Å². The maximum absolute atomic E-state index is 13.3. The maximum atomic E-state index is 13.3. The standard InChI is InChI=1S/C23H23N3O5S/c27-20(24-12-15-7-8-17-18(11-15)31-14-30-17)13-26-16-5-1-2-6-19(16)32-21(23(26)29)22(28)25-9-3-4-10-25/h1-2,5-8,11,21H,3-4,9-10,12-14H2,(H,24,27). The highest BCUT2D eigenvalue weighted by Gasteiger charge is 2.41. The summed E-state index contributed by atoms with van der Waals surface area (Å²) < 4.78 is 10.7. The lowest BCUT2D eigenvalue weighted by Crippen LogP contribution is -2.51. The van der Waals surface area contributed by atoms with Crippen molar-refractivity contribution in [2.45, 2.75) is 29.5 Å². The third kappa shape index (κ3) is 4.00. The van der Waals surface area contributed by atoms with Crippen molar-refractivity contribution >= 4 is 35.2 Å². The molecule has 32 heavy (non-hydrogen) atoms. The fraction of sp³-hybridized carbons (Fsp3) is 0.348. The topological polar surface area (TPSA) is 88.2 Å². The number of para-hydroxylation sites is 1. The molecule has 2 aromatic carbocycles. The average Bonchev–Trinajstić information content (AvgIpc) is 3.51. The number of benzene rings is 2.